The molecule has 3 aromatic rings. The number of aliphatic hydroxyl groups is 1. The van der Waals surface area contributed by atoms with Gasteiger partial charge in [-0.15, -0.1) is 0 Å². The van der Waals surface area contributed by atoms with Crippen LogP contribution < -0.4 is 0 Å². The van der Waals surface area contributed by atoms with Crippen molar-refractivity contribution in [3.63, 3.8) is 0 Å². The second-order valence-electron chi connectivity index (χ2n) is 4.36. The van der Waals surface area contributed by atoms with E-state index >= 15 is 0 Å². The van der Waals surface area contributed by atoms with Gasteiger partial charge < -0.3 is 5.11 Å². The summed E-state index contributed by atoms with van der Waals surface area (Å²) in [5.74, 6) is 0. The summed E-state index contributed by atoms with van der Waals surface area (Å²) in [7, 11) is 0. The lowest BCUT2D eigenvalue weighted by Gasteiger charge is -2.09. The fourth-order valence-electron chi connectivity index (χ4n) is 2.08. The van der Waals surface area contributed by atoms with Crippen LogP contribution in [-0.2, 0) is 6.61 Å². The molecule has 0 aliphatic heterocycles. The molecule has 0 unspecified atom stereocenters. The van der Waals surface area contributed by atoms with Crippen molar-refractivity contribution in [1.29, 1.82) is 0 Å². The fraction of sp³-hybridized carbons (Fsp3) is 0.0625. The van der Waals surface area contributed by atoms with Crippen LogP contribution >= 0.6 is 0 Å². The van der Waals surface area contributed by atoms with E-state index in [9.17, 15) is 5.11 Å². The number of hydrogen-bond donors (Lipinski definition) is 1. The van der Waals surface area contributed by atoms with E-state index in [1.807, 2.05) is 30.3 Å². The average molecular weight is 263 g/mol. The van der Waals surface area contributed by atoms with Gasteiger partial charge in [-0.25, -0.2) is 0 Å². The molecule has 0 spiro atoms. The van der Waals surface area contributed by atoms with Gasteiger partial charge in [0, 0.05) is 53.2 Å². The molecule has 4 nitrogen and oxygen atoms in total. The highest BCUT2D eigenvalue weighted by Gasteiger charge is 2.08. The highest BCUT2D eigenvalue weighted by molar-refractivity contribution is 5.72. The number of hydrogen-bond acceptors (Lipinski definition) is 4. The normalized spacial score (nSPS) is 10.4. The van der Waals surface area contributed by atoms with Gasteiger partial charge >= 0.3 is 0 Å². The van der Waals surface area contributed by atoms with Crippen molar-refractivity contribution in [2.45, 2.75) is 6.61 Å². The molecule has 3 aromatic heterocycles. The van der Waals surface area contributed by atoms with Crippen LogP contribution in [0.2, 0.25) is 0 Å². The molecule has 0 saturated heterocycles. The molecule has 3 rings (SSSR count). The first-order valence-corrected chi connectivity index (χ1v) is 6.29. The maximum absolute atomic E-state index is 9.45. The maximum Gasteiger partial charge on any atom is 0.0859 e. The third-order valence-electron chi connectivity index (χ3n) is 3.09. The Morgan fingerprint density at radius 3 is 2.15 bits per heavy atom. The van der Waals surface area contributed by atoms with Crippen molar-refractivity contribution in [3.8, 4) is 22.3 Å². The highest BCUT2D eigenvalue weighted by Crippen LogP contribution is 2.27. The molecule has 0 bridgehead atoms. The summed E-state index contributed by atoms with van der Waals surface area (Å²) in [5, 5.41) is 9.45. The predicted octanol–water partition coefficient (Wildman–Crippen LogP) is 2.70. The van der Waals surface area contributed by atoms with Gasteiger partial charge in [-0.05, 0) is 18.2 Å². The van der Waals surface area contributed by atoms with Gasteiger partial charge in [-0.2, -0.15) is 0 Å². The summed E-state index contributed by atoms with van der Waals surface area (Å²) in [5.41, 5.74) is 4.44. The van der Waals surface area contributed by atoms with Crippen molar-refractivity contribution < 1.29 is 5.11 Å². The largest absolute Gasteiger partial charge is 0.390 e. The van der Waals surface area contributed by atoms with Gasteiger partial charge in [-0.1, -0.05) is 12.1 Å². The first-order valence-electron chi connectivity index (χ1n) is 6.29. The van der Waals surface area contributed by atoms with Gasteiger partial charge in [0.25, 0.3) is 0 Å². The standard InChI is InChI=1S/C16H13N3O/c20-11-16-15(13-4-2-6-18-9-13)7-14(10-19-16)12-3-1-5-17-8-12/h1-10,20H,11H2. The molecule has 0 aliphatic rings. The number of aromatic nitrogens is 3. The summed E-state index contributed by atoms with van der Waals surface area (Å²) in [6.07, 6.45) is 8.77. The minimum atomic E-state index is -0.0997. The summed E-state index contributed by atoms with van der Waals surface area (Å²) in [6.45, 7) is -0.0997. The number of rotatable bonds is 3. The Kier molecular flexibility index (Phi) is 3.48. The van der Waals surface area contributed by atoms with Crippen molar-refractivity contribution >= 4 is 0 Å². The van der Waals surface area contributed by atoms with Gasteiger partial charge in [0.2, 0.25) is 0 Å². The van der Waals surface area contributed by atoms with Gasteiger partial charge in [0.1, 0.15) is 0 Å². The van der Waals surface area contributed by atoms with Crippen LogP contribution in [0.3, 0.4) is 0 Å². The van der Waals surface area contributed by atoms with E-state index in [-0.39, 0.29) is 6.61 Å². The average Bonchev–Trinajstić information content (AvgIpc) is 2.56. The Morgan fingerprint density at radius 1 is 0.850 bits per heavy atom. The lowest BCUT2D eigenvalue weighted by molar-refractivity contribution is 0.277. The minimum absolute atomic E-state index is 0.0997. The topological polar surface area (TPSA) is 58.9 Å². The Bertz CT molecular complexity index is 699. The monoisotopic (exact) mass is 263 g/mol. The van der Waals surface area contributed by atoms with E-state index in [1.54, 1.807) is 31.0 Å². The molecule has 3 heterocycles. The van der Waals surface area contributed by atoms with E-state index in [0.717, 1.165) is 22.3 Å². The van der Waals surface area contributed by atoms with Crippen LogP contribution in [0.25, 0.3) is 22.3 Å². The van der Waals surface area contributed by atoms with E-state index in [2.05, 4.69) is 15.0 Å². The van der Waals surface area contributed by atoms with Gasteiger partial charge in [0.05, 0.1) is 12.3 Å². The first kappa shape index (κ1) is 12.4. The second-order valence-corrected chi connectivity index (χ2v) is 4.36. The molecule has 4 heteroatoms. The molecule has 0 fully saturated rings. The minimum Gasteiger partial charge on any atom is -0.390 e. The molecule has 0 aromatic carbocycles. The molecule has 0 saturated carbocycles. The van der Waals surface area contributed by atoms with Crippen LogP contribution in [-0.4, -0.2) is 20.1 Å². The van der Waals surface area contributed by atoms with Crippen molar-refractivity contribution in [3.05, 3.63) is 67.0 Å². The van der Waals surface area contributed by atoms with Gasteiger partial charge in [0.15, 0.2) is 0 Å². The first-order chi connectivity index (χ1) is 9.88. The summed E-state index contributed by atoms with van der Waals surface area (Å²) in [6, 6.07) is 9.70. The van der Waals surface area contributed by atoms with Crippen LogP contribution in [0.1, 0.15) is 5.69 Å². The van der Waals surface area contributed by atoms with Crippen molar-refractivity contribution in [2.24, 2.45) is 0 Å². The Hall–Kier alpha value is -2.59. The third-order valence-corrected chi connectivity index (χ3v) is 3.09. The van der Waals surface area contributed by atoms with Crippen LogP contribution in [0.5, 0.6) is 0 Å². The molecule has 0 amide bonds. The lowest BCUT2D eigenvalue weighted by atomic mass is 10.0. The van der Waals surface area contributed by atoms with E-state index in [4.69, 9.17) is 0 Å². The van der Waals surface area contributed by atoms with Crippen LogP contribution in [0, 0.1) is 0 Å². The Morgan fingerprint density at radius 2 is 1.55 bits per heavy atom. The lowest BCUT2D eigenvalue weighted by Crippen LogP contribution is -1.95. The number of aliphatic hydroxyl groups excluding tert-OH is 1. The molecule has 0 atom stereocenters. The Labute approximate surface area is 116 Å². The SMILES string of the molecule is OCc1ncc(-c2cccnc2)cc1-c1cccnc1. The molecule has 0 aliphatic carbocycles. The van der Waals surface area contributed by atoms with Crippen molar-refractivity contribution in [1.82, 2.24) is 15.0 Å². The molecule has 0 radical (unpaired) electrons. The smallest absolute Gasteiger partial charge is 0.0859 e. The molecule has 1 N–H and O–H groups in total. The predicted molar refractivity (Wildman–Crippen MR) is 76.6 cm³/mol. The molecular weight excluding hydrogens is 250 g/mol. The van der Waals surface area contributed by atoms with E-state index < -0.39 is 0 Å². The Balaban J connectivity index is 2.13. The fourth-order valence-corrected chi connectivity index (χ4v) is 2.08. The number of pyridine rings is 3. The van der Waals surface area contributed by atoms with Crippen LogP contribution in [0.4, 0.5) is 0 Å². The number of nitrogens with zero attached hydrogens (tertiary/aromatic N) is 3. The molecular formula is C16H13N3O. The van der Waals surface area contributed by atoms with E-state index in [0.29, 0.717) is 5.69 Å². The zero-order chi connectivity index (χ0) is 13.8. The second kappa shape index (κ2) is 5.59. The zero-order valence-electron chi connectivity index (χ0n) is 10.8. The molecule has 20 heavy (non-hydrogen) atoms. The van der Waals surface area contributed by atoms with Crippen molar-refractivity contribution in [2.75, 3.05) is 0 Å². The summed E-state index contributed by atoms with van der Waals surface area (Å²) < 4.78 is 0. The van der Waals surface area contributed by atoms with Gasteiger partial charge in [-0.3, -0.25) is 15.0 Å². The zero-order valence-corrected chi connectivity index (χ0v) is 10.8. The quantitative estimate of drug-likeness (QED) is 0.789. The highest BCUT2D eigenvalue weighted by atomic mass is 16.3. The van der Waals surface area contributed by atoms with Crippen LogP contribution in [0.15, 0.2) is 61.3 Å². The maximum atomic E-state index is 9.45. The van der Waals surface area contributed by atoms with E-state index in [1.165, 1.54) is 0 Å². The molecule has 98 valence electrons. The third kappa shape index (κ3) is 2.41. The summed E-state index contributed by atoms with van der Waals surface area (Å²) >= 11 is 0. The summed E-state index contributed by atoms with van der Waals surface area (Å²) in [4.78, 5) is 12.6.